The highest BCUT2D eigenvalue weighted by atomic mass is 19.1. The summed E-state index contributed by atoms with van der Waals surface area (Å²) in [5.41, 5.74) is 5.33. The Balaban J connectivity index is 0.000000341. The van der Waals surface area contributed by atoms with Crippen molar-refractivity contribution in [2.75, 3.05) is 27.2 Å². The second-order valence-corrected chi connectivity index (χ2v) is 5.60. The summed E-state index contributed by atoms with van der Waals surface area (Å²) in [4.78, 5) is 0. The third-order valence-electron chi connectivity index (χ3n) is 3.41. The summed E-state index contributed by atoms with van der Waals surface area (Å²) in [6, 6.07) is 16.6. The maximum absolute atomic E-state index is 12.7. The molecule has 0 aromatic heterocycles. The molecule has 0 radical (unpaired) electrons. The van der Waals surface area contributed by atoms with Gasteiger partial charge in [0.25, 0.3) is 0 Å². The van der Waals surface area contributed by atoms with Crippen LogP contribution < -0.4 is 10.7 Å². The number of nitrogens with zero attached hydrogens (tertiary/aromatic N) is 1. The van der Waals surface area contributed by atoms with Gasteiger partial charge in [-0.25, -0.2) is 9.40 Å². The molecule has 24 heavy (non-hydrogen) atoms. The van der Waals surface area contributed by atoms with Crippen molar-refractivity contribution >= 4 is 0 Å². The number of hydrazine groups is 1. The Morgan fingerprint density at radius 1 is 1.04 bits per heavy atom. The van der Waals surface area contributed by atoms with Gasteiger partial charge in [0.2, 0.25) is 0 Å². The van der Waals surface area contributed by atoms with E-state index in [2.05, 4.69) is 29.8 Å². The molecule has 0 saturated carbocycles. The van der Waals surface area contributed by atoms with E-state index >= 15 is 0 Å². The summed E-state index contributed by atoms with van der Waals surface area (Å²) in [5.74, 6) is -0.236. The van der Waals surface area contributed by atoms with Crippen molar-refractivity contribution in [1.82, 2.24) is 15.8 Å². The van der Waals surface area contributed by atoms with Crippen LogP contribution in [0.1, 0.15) is 11.1 Å². The van der Waals surface area contributed by atoms with Crippen LogP contribution in [0.4, 0.5) is 4.39 Å². The van der Waals surface area contributed by atoms with Crippen LogP contribution in [0.5, 0.6) is 0 Å². The number of rotatable bonds is 7. The topological polar surface area (TPSA) is 47.5 Å². The second kappa shape index (κ2) is 11.7. The SMILES string of the molecule is CNC[C@@H](O)CN(Cc1ccc(F)cc1)NC.Cc1ccccc1. The number of aryl methyl sites for hydroxylation is 1. The standard InChI is InChI=1S/C12H20FN3O.C7H8/c1-14-7-12(17)9-16(15-2)8-10-3-5-11(13)6-4-10;1-7-5-3-2-4-6-7/h3-6,12,14-15,17H,7-9H2,1-2H3;2-6H,1H3/t12-;/m1./s1. The molecule has 1 atom stereocenters. The molecule has 0 fully saturated rings. The first kappa shape index (κ1) is 20.3. The average molecular weight is 333 g/mol. The molecule has 0 spiro atoms. The van der Waals surface area contributed by atoms with Crippen molar-refractivity contribution in [2.45, 2.75) is 19.6 Å². The van der Waals surface area contributed by atoms with Crippen LogP contribution in [0, 0.1) is 12.7 Å². The van der Waals surface area contributed by atoms with E-state index in [0.717, 1.165) is 5.56 Å². The van der Waals surface area contributed by atoms with Crippen LogP contribution in [-0.2, 0) is 6.54 Å². The van der Waals surface area contributed by atoms with Crippen LogP contribution in [0.2, 0.25) is 0 Å². The number of hydrogen-bond donors (Lipinski definition) is 3. The molecule has 0 aliphatic rings. The number of hydrogen-bond acceptors (Lipinski definition) is 4. The molecule has 5 heteroatoms. The first-order chi connectivity index (χ1) is 11.5. The van der Waals surface area contributed by atoms with Gasteiger partial charge in [-0.05, 0) is 38.7 Å². The monoisotopic (exact) mass is 333 g/mol. The fraction of sp³-hybridized carbons (Fsp3) is 0.368. The molecule has 2 aromatic rings. The molecule has 4 nitrogen and oxygen atoms in total. The van der Waals surface area contributed by atoms with E-state index in [0.29, 0.717) is 19.6 Å². The predicted molar refractivity (Wildman–Crippen MR) is 97.0 cm³/mol. The van der Waals surface area contributed by atoms with Gasteiger partial charge in [-0.15, -0.1) is 0 Å². The Morgan fingerprint density at radius 2 is 1.67 bits per heavy atom. The zero-order chi connectivity index (χ0) is 17.8. The van der Waals surface area contributed by atoms with E-state index in [1.54, 1.807) is 26.2 Å². The van der Waals surface area contributed by atoms with Gasteiger partial charge in [-0.2, -0.15) is 0 Å². The largest absolute Gasteiger partial charge is 0.390 e. The molecular formula is C19H28FN3O. The van der Waals surface area contributed by atoms with E-state index < -0.39 is 6.10 Å². The zero-order valence-electron chi connectivity index (χ0n) is 14.7. The Hall–Kier alpha value is -1.79. The first-order valence-electron chi connectivity index (χ1n) is 8.06. The first-order valence-corrected chi connectivity index (χ1v) is 8.06. The van der Waals surface area contributed by atoms with Crippen molar-refractivity contribution in [2.24, 2.45) is 0 Å². The third-order valence-corrected chi connectivity index (χ3v) is 3.41. The van der Waals surface area contributed by atoms with Gasteiger partial charge < -0.3 is 10.4 Å². The van der Waals surface area contributed by atoms with Crippen molar-refractivity contribution in [3.8, 4) is 0 Å². The lowest BCUT2D eigenvalue weighted by Gasteiger charge is -2.24. The molecule has 132 valence electrons. The molecular weight excluding hydrogens is 305 g/mol. The van der Waals surface area contributed by atoms with Crippen LogP contribution in [0.15, 0.2) is 54.6 Å². The molecule has 0 heterocycles. The van der Waals surface area contributed by atoms with E-state index in [1.165, 1.54) is 17.7 Å². The van der Waals surface area contributed by atoms with Gasteiger partial charge in [0.15, 0.2) is 0 Å². The molecule has 2 rings (SSSR count). The van der Waals surface area contributed by atoms with Crippen LogP contribution >= 0.6 is 0 Å². The average Bonchev–Trinajstić information content (AvgIpc) is 2.58. The lowest BCUT2D eigenvalue weighted by atomic mass is 10.2. The lowest BCUT2D eigenvalue weighted by Crippen LogP contribution is -2.43. The Kier molecular flexibility index (Phi) is 9.88. The Bertz CT molecular complexity index is 548. The van der Waals surface area contributed by atoms with Crippen LogP contribution in [0.25, 0.3) is 0 Å². The summed E-state index contributed by atoms with van der Waals surface area (Å²) in [6.07, 6.45) is -0.437. The minimum Gasteiger partial charge on any atom is -0.390 e. The number of benzene rings is 2. The molecule has 2 aromatic carbocycles. The zero-order valence-corrected chi connectivity index (χ0v) is 14.7. The van der Waals surface area contributed by atoms with Gasteiger partial charge >= 0.3 is 0 Å². The molecule has 0 unspecified atom stereocenters. The minimum atomic E-state index is -0.437. The van der Waals surface area contributed by atoms with Crippen molar-refractivity contribution in [3.63, 3.8) is 0 Å². The maximum Gasteiger partial charge on any atom is 0.123 e. The van der Waals surface area contributed by atoms with Gasteiger partial charge in [-0.1, -0.05) is 48.0 Å². The van der Waals surface area contributed by atoms with Gasteiger partial charge in [-0.3, -0.25) is 5.43 Å². The van der Waals surface area contributed by atoms with Crippen LogP contribution in [-0.4, -0.2) is 43.4 Å². The minimum absolute atomic E-state index is 0.236. The number of likely N-dealkylation sites (N-methyl/N-ethyl adjacent to an activating group) is 1. The molecule has 0 bridgehead atoms. The van der Waals surface area contributed by atoms with Crippen LogP contribution in [0.3, 0.4) is 0 Å². The summed E-state index contributed by atoms with van der Waals surface area (Å²) in [5, 5.41) is 14.5. The predicted octanol–water partition coefficient (Wildman–Crippen LogP) is 2.34. The summed E-state index contributed by atoms with van der Waals surface area (Å²) < 4.78 is 12.7. The van der Waals surface area contributed by atoms with Gasteiger partial charge in [0.1, 0.15) is 5.82 Å². The van der Waals surface area contributed by atoms with E-state index in [9.17, 15) is 9.50 Å². The normalized spacial score (nSPS) is 11.8. The van der Waals surface area contributed by atoms with Gasteiger partial charge in [0, 0.05) is 19.6 Å². The van der Waals surface area contributed by atoms with E-state index in [1.807, 2.05) is 23.2 Å². The maximum atomic E-state index is 12.7. The quantitative estimate of drug-likeness (QED) is 0.681. The summed E-state index contributed by atoms with van der Waals surface area (Å²) in [6.45, 7) is 3.76. The molecule has 0 aliphatic heterocycles. The fourth-order valence-corrected chi connectivity index (χ4v) is 2.13. The fourth-order valence-electron chi connectivity index (χ4n) is 2.13. The number of halogens is 1. The third kappa shape index (κ3) is 8.74. The van der Waals surface area contributed by atoms with E-state index in [4.69, 9.17) is 0 Å². The Labute approximate surface area is 144 Å². The number of nitrogens with one attached hydrogen (secondary N) is 2. The van der Waals surface area contributed by atoms with Crippen molar-refractivity contribution in [1.29, 1.82) is 0 Å². The van der Waals surface area contributed by atoms with E-state index in [-0.39, 0.29) is 5.82 Å². The number of aliphatic hydroxyl groups is 1. The highest BCUT2D eigenvalue weighted by molar-refractivity contribution is 5.15. The van der Waals surface area contributed by atoms with Crippen molar-refractivity contribution < 1.29 is 9.50 Å². The van der Waals surface area contributed by atoms with Gasteiger partial charge in [0.05, 0.1) is 6.10 Å². The summed E-state index contributed by atoms with van der Waals surface area (Å²) >= 11 is 0. The van der Waals surface area contributed by atoms with Crippen molar-refractivity contribution in [3.05, 3.63) is 71.5 Å². The molecule has 0 saturated heterocycles. The summed E-state index contributed by atoms with van der Waals surface area (Å²) in [7, 11) is 3.60. The highest BCUT2D eigenvalue weighted by Crippen LogP contribution is 2.05. The Morgan fingerprint density at radius 3 is 2.12 bits per heavy atom. The molecule has 0 amide bonds. The molecule has 3 N–H and O–H groups in total. The lowest BCUT2D eigenvalue weighted by molar-refractivity contribution is 0.0840. The second-order valence-electron chi connectivity index (χ2n) is 5.60. The number of aliphatic hydroxyl groups excluding tert-OH is 1. The highest BCUT2D eigenvalue weighted by Gasteiger charge is 2.10. The molecule has 0 aliphatic carbocycles. The smallest absolute Gasteiger partial charge is 0.123 e.